The molecule has 13 heavy (non-hydrogen) atoms. The largest absolute Gasteiger partial charge is 0.0779 e. The summed E-state index contributed by atoms with van der Waals surface area (Å²) in [5.74, 6) is 1.06. The predicted molar refractivity (Wildman–Crippen MR) is 59.5 cm³/mol. The first-order valence-electron chi connectivity index (χ1n) is 4.90. The highest BCUT2D eigenvalue weighted by Crippen LogP contribution is 2.10. The van der Waals surface area contributed by atoms with E-state index in [2.05, 4.69) is 63.3 Å². The summed E-state index contributed by atoms with van der Waals surface area (Å²) < 4.78 is 0. The molecule has 1 aliphatic rings. The summed E-state index contributed by atoms with van der Waals surface area (Å²) in [4.78, 5) is 0. The molecule has 0 aromatic rings. The van der Waals surface area contributed by atoms with Crippen LogP contribution in [0.1, 0.15) is 20.8 Å². The van der Waals surface area contributed by atoms with Gasteiger partial charge in [0, 0.05) is 0 Å². The summed E-state index contributed by atoms with van der Waals surface area (Å²) in [6.45, 7) is 6.55. The minimum atomic E-state index is 0.529. The first-order valence-corrected chi connectivity index (χ1v) is 4.90. The number of hydrogen-bond acceptors (Lipinski definition) is 0. The van der Waals surface area contributed by atoms with Crippen molar-refractivity contribution >= 4 is 0 Å². The Morgan fingerprint density at radius 3 is 2.23 bits per heavy atom. The summed E-state index contributed by atoms with van der Waals surface area (Å²) in [6, 6.07) is 0. The van der Waals surface area contributed by atoms with Gasteiger partial charge < -0.3 is 0 Å². The van der Waals surface area contributed by atoms with Gasteiger partial charge in [-0.3, -0.25) is 0 Å². The van der Waals surface area contributed by atoms with Crippen LogP contribution in [0.15, 0.2) is 48.1 Å². The summed E-state index contributed by atoms with van der Waals surface area (Å²) >= 11 is 0. The van der Waals surface area contributed by atoms with Gasteiger partial charge in [-0.1, -0.05) is 62.0 Å². The lowest BCUT2D eigenvalue weighted by atomic mass is 10.0. The summed E-state index contributed by atoms with van der Waals surface area (Å²) in [7, 11) is 0. The fourth-order valence-corrected chi connectivity index (χ4v) is 1.37. The molecule has 2 atom stereocenters. The van der Waals surface area contributed by atoms with Crippen molar-refractivity contribution in [1.82, 2.24) is 0 Å². The first kappa shape index (κ1) is 10.0. The van der Waals surface area contributed by atoms with Gasteiger partial charge in [-0.05, 0) is 18.8 Å². The molecule has 70 valence electrons. The third kappa shape index (κ3) is 3.93. The zero-order valence-corrected chi connectivity index (χ0v) is 8.70. The normalized spacial score (nSPS) is 40.1. The molecule has 0 aromatic carbocycles. The number of allylic oxidation sites excluding steroid dienone is 8. The average molecular weight is 174 g/mol. The van der Waals surface area contributed by atoms with Crippen LogP contribution < -0.4 is 0 Å². The third-order valence-corrected chi connectivity index (χ3v) is 2.13. The molecule has 0 aromatic heterocycles. The molecule has 0 fully saturated rings. The Bertz CT molecular complexity index is 264. The number of rotatable bonds is 0. The van der Waals surface area contributed by atoms with Crippen LogP contribution in [0, 0.1) is 11.8 Å². The lowest BCUT2D eigenvalue weighted by molar-refractivity contribution is 0.913. The second kappa shape index (κ2) is 4.86. The van der Waals surface area contributed by atoms with Gasteiger partial charge in [0.25, 0.3) is 0 Å². The molecule has 0 saturated carbocycles. The molecule has 1 rings (SSSR count). The third-order valence-electron chi connectivity index (χ3n) is 2.13. The Morgan fingerprint density at radius 2 is 1.54 bits per heavy atom. The van der Waals surface area contributed by atoms with Crippen LogP contribution >= 0.6 is 0 Å². The second-order valence-corrected chi connectivity index (χ2v) is 3.76. The van der Waals surface area contributed by atoms with Crippen LogP contribution in [0.5, 0.6) is 0 Å². The van der Waals surface area contributed by atoms with E-state index < -0.39 is 0 Å². The highest BCUT2D eigenvalue weighted by atomic mass is 14.0. The molecule has 0 radical (unpaired) electrons. The summed E-state index contributed by atoms with van der Waals surface area (Å²) in [5, 5.41) is 0. The van der Waals surface area contributed by atoms with Crippen LogP contribution in [0.25, 0.3) is 0 Å². The van der Waals surface area contributed by atoms with Gasteiger partial charge in [-0.2, -0.15) is 0 Å². The first-order chi connectivity index (χ1) is 6.18. The molecule has 0 aliphatic heterocycles. The predicted octanol–water partition coefficient (Wildman–Crippen LogP) is 3.89. The van der Waals surface area contributed by atoms with E-state index in [0.29, 0.717) is 11.8 Å². The van der Waals surface area contributed by atoms with E-state index in [0.717, 1.165) is 0 Å². The molecular formula is C13H18. The van der Waals surface area contributed by atoms with Gasteiger partial charge in [-0.15, -0.1) is 0 Å². The highest BCUT2D eigenvalue weighted by molar-refractivity contribution is 5.22. The van der Waals surface area contributed by atoms with Gasteiger partial charge in [0.05, 0.1) is 0 Å². The molecule has 2 unspecified atom stereocenters. The van der Waals surface area contributed by atoms with Crippen molar-refractivity contribution in [2.45, 2.75) is 20.8 Å². The van der Waals surface area contributed by atoms with E-state index in [4.69, 9.17) is 0 Å². The van der Waals surface area contributed by atoms with Crippen LogP contribution in [0.3, 0.4) is 0 Å². The Morgan fingerprint density at radius 1 is 0.923 bits per heavy atom. The van der Waals surface area contributed by atoms with Crippen molar-refractivity contribution in [3.63, 3.8) is 0 Å². The van der Waals surface area contributed by atoms with Crippen LogP contribution in [0.4, 0.5) is 0 Å². The van der Waals surface area contributed by atoms with Crippen LogP contribution in [0.2, 0.25) is 0 Å². The quantitative estimate of drug-likeness (QED) is 0.522. The van der Waals surface area contributed by atoms with Crippen molar-refractivity contribution in [2.24, 2.45) is 11.8 Å². The van der Waals surface area contributed by atoms with Gasteiger partial charge in [-0.25, -0.2) is 0 Å². The van der Waals surface area contributed by atoms with Gasteiger partial charge in [0.2, 0.25) is 0 Å². The topological polar surface area (TPSA) is 0 Å². The van der Waals surface area contributed by atoms with Crippen LogP contribution in [-0.2, 0) is 0 Å². The molecule has 0 N–H and O–H groups in total. The highest BCUT2D eigenvalue weighted by Gasteiger charge is 1.94. The lowest BCUT2D eigenvalue weighted by Gasteiger charge is -2.03. The van der Waals surface area contributed by atoms with E-state index >= 15 is 0 Å². The maximum atomic E-state index is 2.28. The van der Waals surface area contributed by atoms with Crippen LogP contribution in [-0.4, -0.2) is 0 Å². The van der Waals surface area contributed by atoms with Crippen molar-refractivity contribution in [3.05, 3.63) is 48.1 Å². The molecule has 0 nitrogen and oxygen atoms in total. The molecule has 0 heteroatoms. The molecule has 0 spiro atoms. The molecule has 0 heterocycles. The zero-order chi connectivity index (χ0) is 9.68. The molecule has 0 saturated heterocycles. The van der Waals surface area contributed by atoms with Crippen molar-refractivity contribution in [2.75, 3.05) is 0 Å². The minimum Gasteiger partial charge on any atom is -0.0779 e. The lowest BCUT2D eigenvalue weighted by Crippen LogP contribution is -1.87. The van der Waals surface area contributed by atoms with Crippen molar-refractivity contribution in [3.8, 4) is 0 Å². The maximum Gasteiger partial charge on any atom is -0.00731 e. The molecular weight excluding hydrogens is 156 g/mol. The van der Waals surface area contributed by atoms with Gasteiger partial charge in [0.15, 0.2) is 0 Å². The average Bonchev–Trinajstić information content (AvgIpc) is 2.08. The van der Waals surface area contributed by atoms with E-state index in [1.165, 1.54) is 5.57 Å². The summed E-state index contributed by atoms with van der Waals surface area (Å²) in [5.41, 5.74) is 1.35. The van der Waals surface area contributed by atoms with Crippen molar-refractivity contribution in [1.29, 1.82) is 0 Å². The maximum absolute atomic E-state index is 2.28. The molecule has 1 aliphatic carbocycles. The van der Waals surface area contributed by atoms with Gasteiger partial charge >= 0.3 is 0 Å². The minimum absolute atomic E-state index is 0.529. The smallest absolute Gasteiger partial charge is 0.00731 e. The standard InChI is InChI=1S/C13H18/c1-11-6-4-5-7-12(2)10-13(3)9-8-11/h4-12H,1-3H3/b6-4-,7-5-,9-8-,13-10-. The monoisotopic (exact) mass is 174 g/mol. The van der Waals surface area contributed by atoms with E-state index in [1.54, 1.807) is 0 Å². The Labute approximate surface area is 81.4 Å². The number of hydrogen-bond donors (Lipinski definition) is 0. The fourth-order valence-electron chi connectivity index (χ4n) is 1.37. The zero-order valence-electron chi connectivity index (χ0n) is 8.70. The second-order valence-electron chi connectivity index (χ2n) is 3.76. The SMILES string of the molecule is CC1=C/C(C)/C=C\C=C/C(C)/C=C\1. The van der Waals surface area contributed by atoms with Gasteiger partial charge in [0.1, 0.15) is 0 Å². The molecule has 0 bridgehead atoms. The van der Waals surface area contributed by atoms with E-state index in [1.807, 2.05) is 0 Å². The van der Waals surface area contributed by atoms with Crippen molar-refractivity contribution < 1.29 is 0 Å². The summed E-state index contributed by atoms with van der Waals surface area (Å²) in [6.07, 6.45) is 15.4. The van der Waals surface area contributed by atoms with E-state index in [-0.39, 0.29) is 0 Å². The van der Waals surface area contributed by atoms with E-state index in [9.17, 15) is 0 Å². The molecule has 0 amide bonds. The fraction of sp³-hybridized carbons (Fsp3) is 0.385. The Kier molecular flexibility index (Phi) is 3.75. The Hall–Kier alpha value is -1.04. The Balaban J connectivity index is 2.83.